The average Bonchev–Trinajstić information content (AvgIpc) is 2.88. The summed E-state index contributed by atoms with van der Waals surface area (Å²) in [6, 6.07) is 10.7. The van der Waals surface area contributed by atoms with Gasteiger partial charge in [-0.25, -0.2) is 4.98 Å². The predicted molar refractivity (Wildman–Crippen MR) is 127 cm³/mol. The molecule has 4 heterocycles. The minimum atomic E-state index is -0.700. The van der Waals surface area contributed by atoms with E-state index in [1.165, 1.54) is 0 Å². The summed E-state index contributed by atoms with van der Waals surface area (Å²) < 4.78 is 16.5. The fourth-order valence-electron chi connectivity index (χ4n) is 4.38. The number of fused-ring (bicyclic) bond motifs is 2. The topological polar surface area (TPSA) is 132 Å². The van der Waals surface area contributed by atoms with Crippen molar-refractivity contribution in [3.63, 3.8) is 0 Å². The normalized spacial score (nSPS) is 20.3. The van der Waals surface area contributed by atoms with Crippen molar-refractivity contribution in [1.82, 2.24) is 15.3 Å². The molecule has 1 fully saturated rings. The van der Waals surface area contributed by atoms with Crippen LogP contribution in [0.25, 0.3) is 10.9 Å². The second kappa shape index (κ2) is 9.85. The number of ether oxygens (including phenoxy) is 3. The van der Waals surface area contributed by atoms with Crippen molar-refractivity contribution in [2.45, 2.75) is 37.5 Å². The quantitative estimate of drug-likeness (QED) is 0.489. The first-order chi connectivity index (χ1) is 17.0. The molecule has 0 unspecified atom stereocenters. The second-order valence-electron chi connectivity index (χ2n) is 8.63. The van der Waals surface area contributed by atoms with E-state index in [9.17, 15) is 14.7 Å². The summed E-state index contributed by atoms with van der Waals surface area (Å²) in [5.41, 5.74) is 1.98. The zero-order chi connectivity index (χ0) is 24.4. The minimum absolute atomic E-state index is 0.0712. The summed E-state index contributed by atoms with van der Waals surface area (Å²) in [5.74, 6) is 0.650. The number of carbonyl (C=O) groups is 2. The fourth-order valence-corrected chi connectivity index (χ4v) is 4.38. The molecule has 10 heteroatoms. The van der Waals surface area contributed by atoms with E-state index in [1.54, 1.807) is 25.4 Å². The fraction of sp³-hybridized carbons (Fsp3) is 0.360. The lowest BCUT2D eigenvalue weighted by atomic mass is 9.95. The van der Waals surface area contributed by atoms with Gasteiger partial charge in [-0.05, 0) is 42.7 Å². The summed E-state index contributed by atoms with van der Waals surface area (Å²) >= 11 is 0. The van der Waals surface area contributed by atoms with E-state index in [2.05, 4.69) is 20.6 Å². The molecule has 35 heavy (non-hydrogen) atoms. The number of aromatic nitrogens is 2. The molecule has 3 aromatic rings. The number of pyridine rings is 2. The van der Waals surface area contributed by atoms with Crippen molar-refractivity contribution in [1.29, 1.82) is 0 Å². The predicted octanol–water partition coefficient (Wildman–Crippen LogP) is 1.85. The van der Waals surface area contributed by atoms with Crippen molar-refractivity contribution in [3.8, 4) is 11.5 Å². The van der Waals surface area contributed by atoms with Gasteiger partial charge in [0.15, 0.2) is 18.2 Å². The first-order valence-electron chi connectivity index (χ1n) is 11.5. The van der Waals surface area contributed by atoms with Crippen molar-refractivity contribution >= 4 is 28.5 Å². The van der Waals surface area contributed by atoms with Crippen LogP contribution < -0.4 is 20.1 Å². The van der Waals surface area contributed by atoms with Crippen LogP contribution in [0.5, 0.6) is 11.5 Å². The molecule has 2 aromatic heterocycles. The van der Waals surface area contributed by atoms with Crippen molar-refractivity contribution in [2.24, 2.45) is 0 Å². The summed E-state index contributed by atoms with van der Waals surface area (Å²) in [4.78, 5) is 32.8. The van der Waals surface area contributed by atoms with Gasteiger partial charge in [-0.3, -0.25) is 14.6 Å². The minimum Gasteiger partial charge on any atom is -0.495 e. The van der Waals surface area contributed by atoms with E-state index in [-0.39, 0.29) is 48.7 Å². The Balaban J connectivity index is 1.17. The van der Waals surface area contributed by atoms with Gasteiger partial charge >= 0.3 is 0 Å². The van der Waals surface area contributed by atoms with E-state index in [0.717, 1.165) is 16.5 Å². The van der Waals surface area contributed by atoms with E-state index >= 15 is 0 Å². The molecular weight excluding hydrogens is 452 g/mol. The van der Waals surface area contributed by atoms with Gasteiger partial charge in [0.25, 0.3) is 11.8 Å². The SMILES string of the molecule is COc1cnc2cccc(C[C@H](O)[C@@H]3CC[C@@H](NC(=O)c4ccc5c(n4)NC(=O)CO5)CO3)c2c1. The van der Waals surface area contributed by atoms with Gasteiger partial charge in [0.1, 0.15) is 11.4 Å². The lowest BCUT2D eigenvalue weighted by molar-refractivity contribution is -0.118. The van der Waals surface area contributed by atoms with Crippen LogP contribution in [0.2, 0.25) is 0 Å². The Morgan fingerprint density at radius 2 is 2.20 bits per heavy atom. The van der Waals surface area contributed by atoms with Gasteiger partial charge in [-0.2, -0.15) is 0 Å². The standard InChI is InChI=1S/C25H26N4O6/c1-33-16-10-17-14(3-2-4-18(17)26-11-16)9-20(30)21-7-5-15(12-34-21)27-25(32)19-6-8-22-24(28-19)29-23(31)13-35-22/h2-4,6,8,10-11,15,20-21,30H,5,7,9,12-13H2,1H3,(H,27,32)(H,28,29,31)/t15-,20+,21+/m1/s1. The van der Waals surface area contributed by atoms with Gasteiger partial charge in [-0.15, -0.1) is 0 Å². The molecule has 1 aromatic carbocycles. The maximum absolute atomic E-state index is 12.7. The number of benzene rings is 1. The van der Waals surface area contributed by atoms with Crippen molar-refractivity contribution in [3.05, 3.63) is 53.9 Å². The molecule has 3 atom stereocenters. The van der Waals surface area contributed by atoms with Gasteiger partial charge in [0.05, 0.1) is 43.7 Å². The van der Waals surface area contributed by atoms with E-state index in [1.807, 2.05) is 24.3 Å². The maximum atomic E-state index is 12.7. The number of anilines is 1. The monoisotopic (exact) mass is 478 g/mol. The Kier molecular flexibility index (Phi) is 6.47. The number of amides is 2. The highest BCUT2D eigenvalue weighted by atomic mass is 16.5. The first kappa shape index (κ1) is 23.0. The van der Waals surface area contributed by atoms with Crippen molar-refractivity contribution < 1.29 is 28.9 Å². The van der Waals surface area contributed by atoms with Crippen LogP contribution in [-0.2, 0) is 16.0 Å². The van der Waals surface area contributed by atoms with Crippen LogP contribution in [0.3, 0.4) is 0 Å². The zero-order valence-corrected chi connectivity index (χ0v) is 19.2. The van der Waals surface area contributed by atoms with Crippen LogP contribution >= 0.6 is 0 Å². The lowest BCUT2D eigenvalue weighted by Crippen LogP contribution is -2.46. The van der Waals surface area contributed by atoms with Gasteiger partial charge in [-0.1, -0.05) is 12.1 Å². The third-order valence-electron chi connectivity index (χ3n) is 6.24. The summed E-state index contributed by atoms with van der Waals surface area (Å²) in [6.07, 6.45) is 2.30. The molecule has 3 N–H and O–H groups in total. The maximum Gasteiger partial charge on any atom is 0.270 e. The molecule has 2 amide bonds. The molecule has 5 rings (SSSR count). The number of hydrogen-bond acceptors (Lipinski definition) is 8. The van der Waals surface area contributed by atoms with Gasteiger partial charge in [0, 0.05) is 11.8 Å². The molecule has 0 radical (unpaired) electrons. The molecule has 1 saturated heterocycles. The Morgan fingerprint density at radius 1 is 1.31 bits per heavy atom. The summed E-state index contributed by atoms with van der Waals surface area (Å²) in [6.45, 7) is 0.210. The zero-order valence-electron chi connectivity index (χ0n) is 19.2. The Morgan fingerprint density at radius 3 is 3.00 bits per heavy atom. The second-order valence-corrected chi connectivity index (χ2v) is 8.63. The number of carbonyl (C=O) groups excluding carboxylic acids is 2. The number of hydrogen-bond donors (Lipinski definition) is 3. The number of nitrogens with zero attached hydrogens (tertiary/aromatic N) is 2. The number of aliphatic hydroxyl groups is 1. The Labute approximate surface area is 201 Å². The first-order valence-corrected chi connectivity index (χ1v) is 11.5. The largest absolute Gasteiger partial charge is 0.495 e. The number of methoxy groups -OCH3 is 1. The molecule has 0 aliphatic carbocycles. The molecule has 0 bridgehead atoms. The molecule has 0 spiro atoms. The van der Waals surface area contributed by atoms with Gasteiger partial charge in [0.2, 0.25) is 0 Å². The molecule has 2 aliphatic heterocycles. The van der Waals surface area contributed by atoms with Crippen LogP contribution in [0.15, 0.2) is 42.6 Å². The van der Waals surface area contributed by atoms with E-state index in [4.69, 9.17) is 14.2 Å². The number of rotatable bonds is 6. The third kappa shape index (κ3) is 5.03. The molecule has 0 saturated carbocycles. The smallest absolute Gasteiger partial charge is 0.270 e. The lowest BCUT2D eigenvalue weighted by Gasteiger charge is -2.32. The Hall–Kier alpha value is -3.76. The number of aliphatic hydroxyl groups excluding tert-OH is 1. The van der Waals surface area contributed by atoms with Gasteiger partial charge < -0.3 is 30.0 Å². The highest BCUT2D eigenvalue weighted by Gasteiger charge is 2.29. The average molecular weight is 479 g/mol. The van der Waals surface area contributed by atoms with Crippen LogP contribution in [0.4, 0.5) is 5.82 Å². The van der Waals surface area contributed by atoms with Crippen molar-refractivity contribution in [2.75, 3.05) is 25.6 Å². The summed E-state index contributed by atoms with van der Waals surface area (Å²) in [7, 11) is 1.60. The highest BCUT2D eigenvalue weighted by molar-refractivity contribution is 5.97. The van der Waals surface area contributed by atoms with Crippen LogP contribution in [0.1, 0.15) is 28.9 Å². The third-order valence-corrected chi connectivity index (χ3v) is 6.24. The Bertz CT molecular complexity index is 1260. The molecule has 10 nitrogen and oxygen atoms in total. The van der Waals surface area contributed by atoms with Crippen LogP contribution in [-0.4, -0.2) is 65.5 Å². The molecule has 182 valence electrons. The summed E-state index contributed by atoms with van der Waals surface area (Å²) in [5, 5.41) is 17.3. The highest BCUT2D eigenvalue weighted by Crippen LogP contribution is 2.27. The van der Waals surface area contributed by atoms with Crippen LogP contribution in [0, 0.1) is 0 Å². The molecular formula is C25H26N4O6. The molecule has 2 aliphatic rings. The van der Waals surface area contributed by atoms with E-state index < -0.39 is 6.10 Å². The van der Waals surface area contributed by atoms with E-state index in [0.29, 0.717) is 30.8 Å². The number of nitrogens with one attached hydrogen (secondary N) is 2.